The second-order valence-corrected chi connectivity index (χ2v) is 6.60. The Kier molecular flexibility index (Phi) is 6.21. The molecule has 3 aromatic carbocycles. The number of fused-ring (bicyclic) bond motifs is 1. The van der Waals surface area contributed by atoms with Crippen molar-refractivity contribution in [1.82, 2.24) is 5.32 Å². The molecular formula is C23H23NO3. The van der Waals surface area contributed by atoms with Gasteiger partial charge in [-0.2, -0.15) is 0 Å². The molecule has 3 rings (SSSR count). The number of hydrogen-bond acceptors (Lipinski definition) is 3. The maximum Gasteiger partial charge on any atom is 0.339 e. The third-order valence-corrected chi connectivity index (χ3v) is 4.46. The first-order valence-corrected chi connectivity index (χ1v) is 9.11. The molecule has 0 aliphatic carbocycles. The van der Waals surface area contributed by atoms with E-state index in [1.807, 2.05) is 61.5 Å². The highest BCUT2D eigenvalue weighted by atomic mass is 16.5. The molecule has 1 atom stereocenters. The maximum absolute atomic E-state index is 12.4. The largest absolute Gasteiger partial charge is 0.452 e. The number of rotatable bonds is 7. The van der Waals surface area contributed by atoms with Crippen LogP contribution in [0.3, 0.4) is 0 Å². The zero-order valence-corrected chi connectivity index (χ0v) is 15.4. The summed E-state index contributed by atoms with van der Waals surface area (Å²) < 4.78 is 5.21. The van der Waals surface area contributed by atoms with Gasteiger partial charge in [0.2, 0.25) is 0 Å². The van der Waals surface area contributed by atoms with Gasteiger partial charge in [-0.3, -0.25) is 4.79 Å². The first-order chi connectivity index (χ1) is 13.1. The van der Waals surface area contributed by atoms with E-state index in [0.717, 1.165) is 23.6 Å². The molecule has 0 saturated heterocycles. The van der Waals surface area contributed by atoms with Crippen molar-refractivity contribution in [2.75, 3.05) is 6.61 Å². The SMILES string of the molecule is C[C@H](CCc1ccccc1)NC(=O)COC(=O)c1cccc2ccccc12. The second-order valence-electron chi connectivity index (χ2n) is 6.60. The summed E-state index contributed by atoms with van der Waals surface area (Å²) in [6, 6.07) is 23.2. The summed E-state index contributed by atoms with van der Waals surface area (Å²) >= 11 is 0. The van der Waals surface area contributed by atoms with Gasteiger partial charge in [-0.25, -0.2) is 4.79 Å². The van der Waals surface area contributed by atoms with E-state index >= 15 is 0 Å². The molecule has 27 heavy (non-hydrogen) atoms. The third-order valence-electron chi connectivity index (χ3n) is 4.46. The molecule has 0 aliphatic heterocycles. The van der Waals surface area contributed by atoms with E-state index in [1.165, 1.54) is 5.56 Å². The Morgan fingerprint density at radius 1 is 0.926 bits per heavy atom. The van der Waals surface area contributed by atoms with Crippen molar-refractivity contribution in [2.24, 2.45) is 0 Å². The highest BCUT2D eigenvalue weighted by molar-refractivity contribution is 6.04. The molecule has 4 nitrogen and oxygen atoms in total. The topological polar surface area (TPSA) is 55.4 Å². The minimum Gasteiger partial charge on any atom is -0.452 e. The molecule has 0 unspecified atom stereocenters. The van der Waals surface area contributed by atoms with Crippen LogP contribution in [0.5, 0.6) is 0 Å². The summed E-state index contributed by atoms with van der Waals surface area (Å²) in [6.45, 7) is 1.67. The first kappa shape index (κ1) is 18.6. The number of carbonyl (C=O) groups is 2. The van der Waals surface area contributed by atoms with Crippen molar-refractivity contribution in [3.8, 4) is 0 Å². The lowest BCUT2D eigenvalue weighted by Crippen LogP contribution is -2.36. The van der Waals surface area contributed by atoms with Gasteiger partial charge in [0, 0.05) is 6.04 Å². The molecule has 3 aromatic rings. The van der Waals surface area contributed by atoms with Crippen molar-refractivity contribution in [3.05, 3.63) is 83.9 Å². The molecule has 138 valence electrons. The van der Waals surface area contributed by atoms with Crippen molar-refractivity contribution in [3.63, 3.8) is 0 Å². The lowest BCUT2D eigenvalue weighted by atomic mass is 10.1. The van der Waals surface area contributed by atoms with Gasteiger partial charge in [-0.1, -0.05) is 66.7 Å². The minimum atomic E-state index is -0.487. The summed E-state index contributed by atoms with van der Waals surface area (Å²) in [4.78, 5) is 24.4. The van der Waals surface area contributed by atoms with E-state index in [0.29, 0.717) is 5.56 Å². The number of amides is 1. The van der Waals surface area contributed by atoms with Crippen LogP contribution >= 0.6 is 0 Å². The quantitative estimate of drug-likeness (QED) is 0.644. The molecule has 0 bridgehead atoms. The third kappa shape index (κ3) is 5.17. The molecule has 1 amide bonds. The van der Waals surface area contributed by atoms with Crippen molar-refractivity contribution in [2.45, 2.75) is 25.8 Å². The Balaban J connectivity index is 1.49. The van der Waals surface area contributed by atoms with Gasteiger partial charge < -0.3 is 10.1 Å². The van der Waals surface area contributed by atoms with Crippen molar-refractivity contribution >= 4 is 22.6 Å². The fourth-order valence-corrected chi connectivity index (χ4v) is 3.03. The second kappa shape index (κ2) is 8.99. The van der Waals surface area contributed by atoms with E-state index < -0.39 is 5.97 Å². The Labute approximate surface area is 159 Å². The average molecular weight is 361 g/mol. The number of esters is 1. The number of benzene rings is 3. The molecule has 0 aliphatic rings. The van der Waals surface area contributed by atoms with Gasteiger partial charge in [-0.15, -0.1) is 0 Å². The Hall–Kier alpha value is -3.14. The van der Waals surface area contributed by atoms with Crippen LogP contribution in [0.1, 0.15) is 29.3 Å². The highest BCUT2D eigenvalue weighted by Gasteiger charge is 2.14. The lowest BCUT2D eigenvalue weighted by Gasteiger charge is -2.14. The summed E-state index contributed by atoms with van der Waals surface area (Å²) in [5, 5.41) is 4.66. The molecular weight excluding hydrogens is 338 g/mol. The van der Waals surface area contributed by atoms with Gasteiger partial charge in [0.15, 0.2) is 6.61 Å². The fraction of sp³-hybridized carbons (Fsp3) is 0.217. The lowest BCUT2D eigenvalue weighted by molar-refractivity contribution is -0.124. The highest BCUT2D eigenvalue weighted by Crippen LogP contribution is 2.19. The molecule has 0 radical (unpaired) electrons. The van der Waals surface area contributed by atoms with Crippen molar-refractivity contribution in [1.29, 1.82) is 0 Å². The molecule has 0 saturated carbocycles. The van der Waals surface area contributed by atoms with Crippen LogP contribution in [0.25, 0.3) is 10.8 Å². The standard InChI is InChI=1S/C23H23NO3/c1-17(14-15-18-8-3-2-4-9-18)24-22(25)16-27-23(26)21-13-7-11-19-10-5-6-12-20(19)21/h2-13,17H,14-16H2,1H3,(H,24,25)/t17-/m1/s1. The molecule has 4 heteroatoms. The maximum atomic E-state index is 12.4. The van der Waals surface area contributed by atoms with Crippen LogP contribution in [-0.4, -0.2) is 24.5 Å². The number of hydrogen-bond donors (Lipinski definition) is 1. The van der Waals surface area contributed by atoms with Crippen LogP contribution in [0.15, 0.2) is 72.8 Å². The number of aryl methyl sites for hydroxylation is 1. The van der Waals surface area contributed by atoms with E-state index in [2.05, 4.69) is 17.4 Å². The van der Waals surface area contributed by atoms with Gasteiger partial charge in [0.25, 0.3) is 5.91 Å². The molecule has 1 N–H and O–H groups in total. The Morgan fingerprint density at radius 2 is 1.63 bits per heavy atom. The Morgan fingerprint density at radius 3 is 2.44 bits per heavy atom. The van der Waals surface area contributed by atoms with Crippen LogP contribution in [0, 0.1) is 0 Å². The van der Waals surface area contributed by atoms with Gasteiger partial charge >= 0.3 is 5.97 Å². The van der Waals surface area contributed by atoms with Crippen LogP contribution in [-0.2, 0) is 16.0 Å². The smallest absolute Gasteiger partial charge is 0.339 e. The summed E-state index contributed by atoms with van der Waals surface area (Å²) in [5.41, 5.74) is 1.71. The molecule has 0 spiro atoms. The van der Waals surface area contributed by atoms with Crippen LogP contribution in [0.4, 0.5) is 0 Å². The Bertz CT molecular complexity index is 916. The summed E-state index contributed by atoms with van der Waals surface area (Å²) in [5.74, 6) is -0.775. The fourth-order valence-electron chi connectivity index (χ4n) is 3.03. The van der Waals surface area contributed by atoms with Gasteiger partial charge in [-0.05, 0) is 42.2 Å². The average Bonchev–Trinajstić information content (AvgIpc) is 2.71. The van der Waals surface area contributed by atoms with Gasteiger partial charge in [0.05, 0.1) is 5.56 Å². The monoisotopic (exact) mass is 361 g/mol. The predicted octanol–water partition coefficient (Wildman–Crippen LogP) is 4.13. The molecule has 0 heterocycles. The number of carbonyl (C=O) groups excluding carboxylic acids is 2. The summed E-state index contributed by atoms with van der Waals surface area (Å²) in [7, 11) is 0. The zero-order chi connectivity index (χ0) is 19.1. The van der Waals surface area contributed by atoms with Crippen LogP contribution in [0.2, 0.25) is 0 Å². The minimum absolute atomic E-state index is 0.00830. The van der Waals surface area contributed by atoms with Gasteiger partial charge in [0.1, 0.15) is 0 Å². The molecule has 0 fully saturated rings. The zero-order valence-electron chi connectivity index (χ0n) is 15.4. The van der Waals surface area contributed by atoms with E-state index in [-0.39, 0.29) is 18.6 Å². The van der Waals surface area contributed by atoms with E-state index in [9.17, 15) is 9.59 Å². The first-order valence-electron chi connectivity index (χ1n) is 9.11. The summed E-state index contributed by atoms with van der Waals surface area (Å²) in [6.07, 6.45) is 1.71. The van der Waals surface area contributed by atoms with E-state index in [4.69, 9.17) is 4.74 Å². The van der Waals surface area contributed by atoms with Crippen molar-refractivity contribution < 1.29 is 14.3 Å². The number of nitrogens with one attached hydrogen (secondary N) is 1. The van der Waals surface area contributed by atoms with E-state index in [1.54, 1.807) is 6.07 Å². The number of ether oxygens (including phenoxy) is 1. The predicted molar refractivity (Wildman–Crippen MR) is 107 cm³/mol. The normalized spacial score (nSPS) is 11.7. The van der Waals surface area contributed by atoms with Crippen LogP contribution < -0.4 is 5.32 Å². The molecule has 0 aromatic heterocycles.